The minimum absolute atomic E-state index is 0.895. The second kappa shape index (κ2) is 6.83. The summed E-state index contributed by atoms with van der Waals surface area (Å²) in [6.45, 7) is 4.80. The largest absolute Gasteiger partial charge is 0.300 e. The van der Waals surface area contributed by atoms with Gasteiger partial charge in [0.15, 0.2) is 0 Å². The highest BCUT2D eigenvalue weighted by Crippen LogP contribution is 2.22. The van der Waals surface area contributed by atoms with Crippen LogP contribution in [-0.4, -0.2) is 29.4 Å². The third kappa shape index (κ3) is 3.99. The van der Waals surface area contributed by atoms with E-state index in [4.69, 9.17) is 0 Å². The van der Waals surface area contributed by atoms with Gasteiger partial charge in [0.05, 0.1) is 0 Å². The van der Waals surface area contributed by atoms with Gasteiger partial charge in [-0.25, -0.2) is 0 Å². The molecule has 0 saturated heterocycles. The van der Waals surface area contributed by atoms with Crippen molar-refractivity contribution in [1.29, 1.82) is 0 Å². The minimum Gasteiger partial charge on any atom is -0.300 e. The number of alkyl halides is 1. The lowest BCUT2D eigenvalue weighted by atomic mass is 9.94. The van der Waals surface area contributed by atoms with E-state index in [0.717, 1.165) is 11.4 Å². The van der Waals surface area contributed by atoms with E-state index in [1.54, 1.807) is 0 Å². The zero-order valence-electron chi connectivity index (χ0n) is 8.77. The zero-order chi connectivity index (χ0) is 9.52. The van der Waals surface area contributed by atoms with Gasteiger partial charge in [-0.2, -0.15) is 0 Å². The molecule has 0 bridgehead atoms. The monoisotopic (exact) mass is 247 g/mol. The van der Waals surface area contributed by atoms with E-state index in [2.05, 4.69) is 27.8 Å². The molecule has 0 atom stereocenters. The molecule has 0 aromatic rings. The molecule has 78 valence electrons. The van der Waals surface area contributed by atoms with E-state index in [1.807, 2.05) is 0 Å². The molecule has 1 rings (SSSR count). The van der Waals surface area contributed by atoms with Gasteiger partial charge in [-0.1, -0.05) is 42.1 Å². The predicted molar refractivity (Wildman–Crippen MR) is 62.5 cm³/mol. The third-order valence-corrected chi connectivity index (χ3v) is 3.33. The highest BCUT2D eigenvalue weighted by atomic mass is 79.9. The topological polar surface area (TPSA) is 3.24 Å². The summed E-state index contributed by atoms with van der Waals surface area (Å²) in [5, 5.41) is 1.13. The molecule has 2 heteroatoms. The van der Waals surface area contributed by atoms with E-state index in [9.17, 15) is 0 Å². The molecule has 0 aliphatic heterocycles. The molecular weight excluding hydrogens is 226 g/mol. The number of rotatable bonds is 5. The van der Waals surface area contributed by atoms with Crippen LogP contribution in [0.25, 0.3) is 0 Å². The maximum atomic E-state index is 3.54. The molecule has 1 aliphatic rings. The number of halogens is 1. The Kier molecular flexibility index (Phi) is 6.05. The summed E-state index contributed by atoms with van der Waals surface area (Å²) in [6.07, 6.45) is 8.54. The summed E-state index contributed by atoms with van der Waals surface area (Å²) in [4.78, 5) is 2.67. The fraction of sp³-hybridized carbons (Fsp3) is 1.00. The van der Waals surface area contributed by atoms with E-state index >= 15 is 0 Å². The Morgan fingerprint density at radius 1 is 1.15 bits per heavy atom. The first-order valence-corrected chi connectivity index (χ1v) is 6.80. The molecule has 1 aliphatic carbocycles. The van der Waals surface area contributed by atoms with Crippen LogP contribution in [0.15, 0.2) is 0 Å². The maximum Gasteiger partial charge on any atom is 0.0159 e. The van der Waals surface area contributed by atoms with Crippen LogP contribution in [0, 0.1) is 0 Å². The molecule has 1 fully saturated rings. The summed E-state index contributed by atoms with van der Waals surface area (Å²) in [7, 11) is 0. The average Bonchev–Trinajstić information content (AvgIpc) is 2.19. The number of hydrogen-bond donors (Lipinski definition) is 0. The Morgan fingerprint density at radius 3 is 2.38 bits per heavy atom. The molecule has 0 aromatic heterocycles. The van der Waals surface area contributed by atoms with Crippen LogP contribution in [0.1, 0.15) is 45.4 Å². The quantitative estimate of drug-likeness (QED) is 0.674. The Hall–Kier alpha value is 0.440. The Morgan fingerprint density at radius 2 is 1.85 bits per heavy atom. The lowest BCUT2D eigenvalue weighted by Crippen LogP contribution is -2.38. The van der Waals surface area contributed by atoms with Crippen molar-refractivity contribution in [2.45, 2.75) is 51.5 Å². The van der Waals surface area contributed by atoms with Crippen LogP contribution in [0.3, 0.4) is 0 Å². The van der Waals surface area contributed by atoms with Crippen molar-refractivity contribution in [1.82, 2.24) is 4.90 Å². The lowest BCUT2D eigenvalue weighted by Gasteiger charge is -2.33. The van der Waals surface area contributed by atoms with Gasteiger partial charge in [0.1, 0.15) is 0 Å². The van der Waals surface area contributed by atoms with Crippen molar-refractivity contribution >= 4 is 15.9 Å². The molecule has 0 amide bonds. The highest BCUT2D eigenvalue weighted by Gasteiger charge is 2.19. The van der Waals surface area contributed by atoms with Gasteiger partial charge in [0.25, 0.3) is 0 Å². The molecule has 0 radical (unpaired) electrons. The third-order valence-electron chi connectivity index (χ3n) is 2.97. The standard InChI is InChI=1S/C11H22BrN/c1-2-9-13(10-8-12)11-6-4-3-5-7-11/h11H,2-10H2,1H3. The van der Waals surface area contributed by atoms with Gasteiger partial charge in [-0.3, -0.25) is 4.90 Å². The smallest absolute Gasteiger partial charge is 0.0159 e. The van der Waals surface area contributed by atoms with E-state index in [-0.39, 0.29) is 0 Å². The first-order chi connectivity index (χ1) is 6.38. The van der Waals surface area contributed by atoms with E-state index in [0.29, 0.717) is 0 Å². The molecule has 0 spiro atoms. The maximum absolute atomic E-state index is 3.54. The normalized spacial score (nSPS) is 19.6. The van der Waals surface area contributed by atoms with Gasteiger partial charge in [-0.15, -0.1) is 0 Å². The van der Waals surface area contributed by atoms with Gasteiger partial charge in [-0.05, 0) is 25.8 Å². The van der Waals surface area contributed by atoms with Crippen molar-refractivity contribution in [3.8, 4) is 0 Å². The van der Waals surface area contributed by atoms with Gasteiger partial charge in [0, 0.05) is 17.9 Å². The first-order valence-electron chi connectivity index (χ1n) is 5.68. The van der Waals surface area contributed by atoms with Crippen LogP contribution < -0.4 is 0 Å². The number of hydrogen-bond acceptors (Lipinski definition) is 1. The summed E-state index contributed by atoms with van der Waals surface area (Å²) in [6, 6.07) is 0.895. The Balaban J connectivity index is 2.32. The Labute approximate surface area is 91.0 Å². The van der Waals surface area contributed by atoms with E-state index < -0.39 is 0 Å². The minimum atomic E-state index is 0.895. The molecule has 0 aromatic carbocycles. The van der Waals surface area contributed by atoms with Crippen LogP contribution in [-0.2, 0) is 0 Å². The zero-order valence-corrected chi connectivity index (χ0v) is 10.4. The van der Waals surface area contributed by atoms with Gasteiger partial charge in [0.2, 0.25) is 0 Å². The molecule has 0 unspecified atom stereocenters. The fourth-order valence-electron chi connectivity index (χ4n) is 2.32. The lowest BCUT2D eigenvalue weighted by molar-refractivity contribution is 0.166. The molecule has 13 heavy (non-hydrogen) atoms. The SMILES string of the molecule is CCCN(CCBr)C1CCCCC1. The first kappa shape index (κ1) is 11.5. The van der Waals surface area contributed by atoms with Crippen molar-refractivity contribution in [3.05, 3.63) is 0 Å². The van der Waals surface area contributed by atoms with Crippen LogP contribution >= 0.6 is 15.9 Å². The van der Waals surface area contributed by atoms with Crippen molar-refractivity contribution < 1.29 is 0 Å². The molecule has 1 saturated carbocycles. The molecule has 1 nitrogen and oxygen atoms in total. The van der Waals surface area contributed by atoms with Crippen molar-refractivity contribution in [2.24, 2.45) is 0 Å². The molecular formula is C11H22BrN. The fourth-order valence-corrected chi connectivity index (χ4v) is 2.77. The average molecular weight is 248 g/mol. The summed E-state index contributed by atoms with van der Waals surface area (Å²) >= 11 is 3.54. The number of nitrogens with zero attached hydrogens (tertiary/aromatic N) is 1. The van der Waals surface area contributed by atoms with Gasteiger partial charge < -0.3 is 0 Å². The summed E-state index contributed by atoms with van der Waals surface area (Å²) < 4.78 is 0. The second-order valence-electron chi connectivity index (χ2n) is 4.02. The second-order valence-corrected chi connectivity index (χ2v) is 4.81. The van der Waals surface area contributed by atoms with Crippen LogP contribution in [0.2, 0.25) is 0 Å². The van der Waals surface area contributed by atoms with E-state index in [1.165, 1.54) is 51.6 Å². The van der Waals surface area contributed by atoms with Crippen LogP contribution in [0.5, 0.6) is 0 Å². The van der Waals surface area contributed by atoms with Crippen molar-refractivity contribution in [2.75, 3.05) is 18.4 Å². The van der Waals surface area contributed by atoms with Crippen molar-refractivity contribution in [3.63, 3.8) is 0 Å². The van der Waals surface area contributed by atoms with Crippen LogP contribution in [0.4, 0.5) is 0 Å². The molecule has 0 heterocycles. The molecule has 0 N–H and O–H groups in total. The summed E-state index contributed by atoms with van der Waals surface area (Å²) in [5.74, 6) is 0. The van der Waals surface area contributed by atoms with Gasteiger partial charge >= 0.3 is 0 Å². The summed E-state index contributed by atoms with van der Waals surface area (Å²) in [5.41, 5.74) is 0. The highest BCUT2D eigenvalue weighted by molar-refractivity contribution is 9.09. The predicted octanol–water partition coefficient (Wildman–Crippen LogP) is 3.43. The Bertz CT molecular complexity index is 115.